The summed E-state index contributed by atoms with van der Waals surface area (Å²) in [5, 5.41) is 0.431. The van der Waals surface area contributed by atoms with E-state index in [1.54, 1.807) is 29.2 Å². The molecule has 2 heterocycles. The molecular weight excluding hydrogens is 438 g/mol. The number of anilines is 1. The van der Waals surface area contributed by atoms with Gasteiger partial charge >= 0.3 is 0 Å². The van der Waals surface area contributed by atoms with Gasteiger partial charge < -0.3 is 14.4 Å². The van der Waals surface area contributed by atoms with E-state index in [0.29, 0.717) is 39.9 Å². The number of sulfone groups is 1. The maximum Gasteiger partial charge on any atom is 0.273 e. The second-order valence-electron chi connectivity index (χ2n) is 7.53. The molecule has 2 aromatic carbocycles. The van der Waals surface area contributed by atoms with E-state index in [1.807, 2.05) is 31.1 Å². The molecule has 0 saturated carbocycles. The Labute approximate surface area is 184 Å². The monoisotopic (exact) mass is 461 g/mol. The van der Waals surface area contributed by atoms with Crippen LogP contribution in [0.2, 0.25) is 0 Å². The number of carbonyl (C=O) groups excluding carboxylic acids is 1. The van der Waals surface area contributed by atoms with Crippen molar-refractivity contribution in [2.24, 2.45) is 0 Å². The fraction of sp³-hybridized carbons (Fsp3) is 0.333. The molecule has 0 N–H and O–H groups in total. The van der Waals surface area contributed by atoms with Crippen LogP contribution in [0.5, 0.6) is 11.5 Å². The van der Waals surface area contributed by atoms with Gasteiger partial charge in [0.25, 0.3) is 5.91 Å². The van der Waals surface area contributed by atoms with Crippen molar-refractivity contribution < 1.29 is 22.7 Å². The van der Waals surface area contributed by atoms with Gasteiger partial charge in [-0.1, -0.05) is 29.5 Å². The number of thiazole rings is 1. The molecular formula is C21H23N3O5S2. The molecule has 31 heavy (non-hydrogen) atoms. The number of hydrogen-bond donors (Lipinski definition) is 0. The van der Waals surface area contributed by atoms with Crippen molar-refractivity contribution in [3.8, 4) is 11.5 Å². The molecule has 8 nitrogen and oxygen atoms in total. The number of para-hydroxylation sites is 3. The first-order valence-electron chi connectivity index (χ1n) is 9.68. The van der Waals surface area contributed by atoms with Crippen molar-refractivity contribution in [3.63, 3.8) is 0 Å². The van der Waals surface area contributed by atoms with E-state index in [2.05, 4.69) is 4.98 Å². The first kappa shape index (κ1) is 21.5. The van der Waals surface area contributed by atoms with Crippen LogP contribution in [0.1, 0.15) is 0 Å². The maximum absolute atomic E-state index is 13.4. The number of benzene rings is 2. The zero-order valence-corrected chi connectivity index (χ0v) is 19.1. The Morgan fingerprint density at radius 2 is 1.87 bits per heavy atom. The predicted octanol–water partition coefficient (Wildman–Crippen LogP) is 2.43. The predicted molar refractivity (Wildman–Crippen MR) is 120 cm³/mol. The molecule has 0 saturated heterocycles. The molecule has 1 amide bonds. The molecule has 1 aromatic heterocycles. The molecule has 0 radical (unpaired) electrons. The summed E-state index contributed by atoms with van der Waals surface area (Å²) in [6.07, 6.45) is 0.332. The minimum absolute atomic E-state index is 0.0911. The maximum atomic E-state index is 13.4. The summed E-state index contributed by atoms with van der Waals surface area (Å²) >= 11 is 1.28. The van der Waals surface area contributed by atoms with Gasteiger partial charge in [0.05, 0.1) is 9.60 Å². The molecule has 0 fully saturated rings. The van der Waals surface area contributed by atoms with Crippen LogP contribution in [0.3, 0.4) is 0 Å². The summed E-state index contributed by atoms with van der Waals surface area (Å²) in [6.45, 7) is 1.07. The van der Waals surface area contributed by atoms with Crippen LogP contribution in [-0.4, -0.2) is 70.4 Å². The summed E-state index contributed by atoms with van der Waals surface area (Å²) in [7, 11) is 0.378. The molecule has 0 spiro atoms. The lowest BCUT2D eigenvalue weighted by Crippen LogP contribution is -2.48. The van der Waals surface area contributed by atoms with Gasteiger partial charge in [0.2, 0.25) is 6.10 Å². The van der Waals surface area contributed by atoms with Crippen LogP contribution in [0.4, 0.5) is 5.13 Å². The molecule has 10 heteroatoms. The third-order valence-corrected chi connectivity index (χ3v) is 6.99. The van der Waals surface area contributed by atoms with Crippen LogP contribution in [0.15, 0.2) is 47.4 Å². The highest BCUT2D eigenvalue weighted by molar-refractivity contribution is 7.91. The quantitative estimate of drug-likeness (QED) is 0.557. The number of rotatable bonds is 6. The molecule has 164 valence electrons. The summed E-state index contributed by atoms with van der Waals surface area (Å²) < 4.78 is 36.7. The van der Waals surface area contributed by atoms with Crippen LogP contribution in [-0.2, 0) is 14.6 Å². The lowest BCUT2D eigenvalue weighted by Gasteiger charge is -2.30. The fourth-order valence-electron chi connectivity index (χ4n) is 3.24. The van der Waals surface area contributed by atoms with Gasteiger partial charge in [-0.05, 0) is 38.4 Å². The number of aromatic nitrogens is 1. The zero-order valence-electron chi connectivity index (χ0n) is 17.4. The van der Waals surface area contributed by atoms with Crippen LogP contribution in [0.25, 0.3) is 10.2 Å². The topological polar surface area (TPSA) is 89.0 Å². The third kappa shape index (κ3) is 4.51. The van der Waals surface area contributed by atoms with Crippen molar-refractivity contribution in [3.05, 3.63) is 42.5 Å². The van der Waals surface area contributed by atoms with Crippen LogP contribution in [0, 0.1) is 0 Å². The SMILES string of the molecule is CN(C)CCN(C(=O)C1COc2ccccc2O1)c1nc2c(S(C)(=O)=O)cccc2s1. The number of hydrogen-bond acceptors (Lipinski definition) is 8. The van der Waals surface area contributed by atoms with Gasteiger partial charge in [-0.15, -0.1) is 0 Å². The minimum atomic E-state index is -3.45. The number of nitrogens with zero attached hydrogens (tertiary/aromatic N) is 3. The molecule has 4 rings (SSSR count). The molecule has 1 aliphatic heterocycles. The fourth-order valence-corrected chi connectivity index (χ4v) is 5.16. The molecule has 1 atom stereocenters. The Bertz CT molecular complexity index is 1220. The highest BCUT2D eigenvalue weighted by atomic mass is 32.2. The van der Waals surface area contributed by atoms with Crippen molar-refractivity contribution in [1.29, 1.82) is 0 Å². The molecule has 3 aromatic rings. The van der Waals surface area contributed by atoms with E-state index in [-0.39, 0.29) is 17.4 Å². The van der Waals surface area contributed by atoms with Gasteiger partial charge in [0, 0.05) is 19.3 Å². The average Bonchev–Trinajstić information content (AvgIpc) is 3.16. The van der Waals surface area contributed by atoms with Crippen LogP contribution >= 0.6 is 11.3 Å². The number of amides is 1. The van der Waals surface area contributed by atoms with Crippen molar-refractivity contribution >= 4 is 42.4 Å². The number of likely N-dealkylation sites (N-methyl/N-ethyl adjacent to an activating group) is 1. The molecule has 0 aliphatic carbocycles. The van der Waals surface area contributed by atoms with Gasteiger partial charge in [-0.2, -0.15) is 0 Å². The Hall–Kier alpha value is -2.69. The van der Waals surface area contributed by atoms with E-state index < -0.39 is 15.9 Å². The number of carbonyl (C=O) groups is 1. The Morgan fingerprint density at radius 3 is 2.58 bits per heavy atom. The Kier molecular flexibility index (Phi) is 5.87. The first-order valence-corrected chi connectivity index (χ1v) is 12.4. The Balaban J connectivity index is 1.69. The Morgan fingerprint density at radius 1 is 1.13 bits per heavy atom. The molecule has 1 aliphatic rings. The summed E-state index contributed by atoms with van der Waals surface area (Å²) in [4.78, 5) is 21.6. The zero-order chi connectivity index (χ0) is 22.2. The summed E-state index contributed by atoms with van der Waals surface area (Å²) in [5.41, 5.74) is 0.374. The largest absolute Gasteiger partial charge is 0.485 e. The normalized spacial score (nSPS) is 15.9. The number of ether oxygens (including phenoxy) is 2. The third-order valence-electron chi connectivity index (χ3n) is 4.82. The van der Waals surface area contributed by atoms with E-state index in [4.69, 9.17) is 9.47 Å². The molecule has 0 bridgehead atoms. The van der Waals surface area contributed by atoms with Crippen molar-refractivity contribution in [2.45, 2.75) is 11.0 Å². The second-order valence-corrected chi connectivity index (χ2v) is 10.5. The van der Waals surface area contributed by atoms with Gasteiger partial charge in [0.15, 0.2) is 26.5 Å². The van der Waals surface area contributed by atoms with Gasteiger partial charge in [-0.25, -0.2) is 13.4 Å². The second kappa shape index (κ2) is 8.45. The summed E-state index contributed by atoms with van der Waals surface area (Å²) in [6, 6.07) is 12.2. The van der Waals surface area contributed by atoms with Crippen molar-refractivity contribution in [1.82, 2.24) is 9.88 Å². The lowest BCUT2D eigenvalue weighted by atomic mass is 10.2. The molecule has 1 unspecified atom stereocenters. The minimum Gasteiger partial charge on any atom is -0.485 e. The van der Waals surface area contributed by atoms with Crippen molar-refractivity contribution in [2.75, 3.05) is 44.9 Å². The standard InChI is InChI=1S/C21H23N3O5S2/c1-23(2)11-12-24(20(25)16-13-28-14-7-4-5-8-15(14)29-16)21-22-19-17(30-21)9-6-10-18(19)31(3,26)27/h4-10,16H,11-13H2,1-3H3. The van der Waals surface area contributed by atoms with Gasteiger partial charge in [0.1, 0.15) is 12.1 Å². The summed E-state index contributed by atoms with van der Waals surface area (Å²) in [5.74, 6) is 0.837. The van der Waals surface area contributed by atoms with E-state index in [0.717, 1.165) is 6.26 Å². The lowest BCUT2D eigenvalue weighted by molar-refractivity contribution is -0.127. The van der Waals surface area contributed by atoms with Crippen LogP contribution < -0.4 is 14.4 Å². The number of fused-ring (bicyclic) bond motifs is 2. The average molecular weight is 462 g/mol. The first-order chi connectivity index (χ1) is 14.7. The van der Waals surface area contributed by atoms with E-state index >= 15 is 0 Å². The van der Waals surface area contributed by atoms with Gasteiger partial charge in [-0.3, -0.25) is 9.69 Å². The smallest absolute Gasteiger partial charge is 0.273 e. The highest BCUT2D eigenvalue weighted by Gasteiger charge is 2.33. The van der Waals surface area contributed by atoms with E-state index in [9.17, 15) is 13.2 Å². The highest BCUT2D eigenvalue weighted by Crippen LogP contribution is 2.35. The van der Waals surface area contributed by atoms with E-state index in [1.165, 1.54) is 17.4 Å².